The van der Waals surface area contributed by atoms with Crippen LogP contribution in [0.2, 0.25) is 0 Å². The molecule has 1 heteroatoms. The zero-order valence-electron chi connectivity index (χ0n) is 34.5. The van der Waals surface area contributed by atoms with E-state index in [0.717, 1.165) is 12.8 Å². The summed E-state index contributed by atoms with van der Waals surface area (Å²) in [5.74, 6) is 0.653. The Morgan fingerprint density at radius 3 is 1.42 bits per heavy atom. The molecule has 0 unspecified atom stereocenters. The number of benzene rings is 7. The maximum atomic E-state index is 3.36. The molecule has 7 aromatic rings. The van der Waals surface area contributed by atoms with Gasteiger partial charge in [-0.25, -0.2) is 0 Å². The molecule has 0 aromatic heterocycles. The molecule has 0 spiro atoms. The van der Waals surface area contributed by atoms with E-state index in [0.29, 0.717) is 5.92 Å². The Kier molecular flexibility index (Phi) is 14.9. The second-order valence-electron chi connectivity index (χ2n) is 14.7. The van der Waals surface area contributed by atoms with Gasteiger partial charge in [-0.05, 0) is 144 Å². The molecular weight excluding hydrogens is 639 g/mol. The SMILES string of the molecule is C=CC.CCCC.CCc1cc(C)c2ccc3c(CC)cc(N(c4cccc(C)c4)c4cccc(C)c4)c4ccc1c2c34.Cc1cccc(C(C)C)c1. The van der Waals surface area contributed by atoms with Crippen molar-refractivity contribution in [1.29, 1.82) is 0 Å². The average molecular weight is 702 g/mol. The normalized spacial score (nSPS) is 10.7. The lowest BCUT2D eigenvalue weighted by Gasteiger charge is -2.29. The molecule has 1 nitrogen and oxygen atoms in total. The van der Waals surface area contributed by atoms with Crippen LogP contribution in [0.1, 0.15) is 106 Å². The Labute approximate surface area is 321 Å². The summed E-state index contributed by atoms with van der Waals surface area (Å²) in [5.41, 5.74) is 13.2. The molecule has 0 aliphatic heterocycles. The van der Waals surface area contributed by atoms with Gasteiger partial charge in [-0.1, -0.05) is 145 Å². The van der Waals surface area contributed by atoms with E-state index in [-0.39, 0.29) is 0 Å². The van der Waals surface area contributed by atoms with E-state index in [1.807, 2.05) is 6.92 Å². The molecule has 0 amide bonds. The monoisotopic (exact) mass is 701 g/mol. The quantitative estimate of drug-likeness (QED) is 0.118. The van der Waals surface area contributed by atoms with Crippen LogP contribution < -0.4 is 4.90 Å². The largest absolute Gasteiger partial charge is 0.310 e. The van der Waals surface area contributed by atoms with E-state index in [9.17, 15) is 0 Å². The fourth-order valence-corrected chi connectivity index (χ4v) is 7.07. The lowest BCUT2D eigenvalue weighted by molar-refractivity contribution is 0.865. The lowest BCUT2D eigenvalue weighted by atomic mass is 9.86. The summed E-state index contributed by atoms with van der Waals surface area (Å²) in [6, 6.07) is 40.7. The summed E-state index contributed by atoms with van der Waals surface area (Å²) in [7, 11) is 0. The third-order valence-electron chi connectivity index (χ3n) is 9.99. The highest BCUT2D eigenvalue weighted by molar-refractivity contribution is 6.27. The van der Waals surface area contributed by atoms with Gasteiger partial charge in [0.25, 0.3) is 0 Å². The van der Waals surface area contributed by atoms with Crippen molar-refractivity contribution in [2.45, 2.75) is 108 Å². The summed E-state index contributed by atoms with van der Waals surface area (Å²) in [5, 5.41) is 8.30. The molecule has 0 aliphatic carbocycles. The van der Waals surface area contributed by atoms with Crippen LogP contribution in [0.25, 0.3) is 32.3 Å². The molecular formula is C52H63N. The van der Waals surface area contributed by atoms with E-state index in [2.05, 4.69) is 190 Å². The van der Waals surface area contributed by atoms with E-state index in [1.165, 1.54) is 101 Å². The molecule has 7 rings (SSSR count). The van der Waals surface area contributed by atoms with Crippen molar-refractivity contribution in [2.75, 3.05) is 4.90 Å². The first-order chi connectivity index (χ1) is 25.5. The minimum atomic E-state index is 0.653. The highest BCUT2D eigenvalue weighted by atomic mass is 15.1. The van der Waals surface area contributed by atoms with Crippen LogP contribution >= 0.6 is 0 Å². The molecule has 0 bridgehead atoms. The first-order valence-corrected chi connectivity index (χ1v) is 19.8. The highest BCUT2D eigenvalue weighted by Gasteiger charge is 2.21. The van der Waals surface area contributed by atoms with Gasteiger partial charge in [0.15, 0.2) is 0 Å². The molecule has 276 valence electrons. The summed E-state index contributed by atoms with van der Waals surface area (Å²) >= 11 is 0. The lowest BCUT2D eigenvalue weighted by Crippen LogP contribution is -2.12. The first kappa shape index (κ1) is 40.9. The predicted molar refractivity (Wildman–Crippen MR) is 240 cm³/mol. The second-order valence-corrected chi connectivity index (χ2v) is 14.7. The van der Waals surface area contributed by atoms with Gasteiger partial charge in [0.05, 0.1) is 5.69 Å². The third-order valence-corrected chi connectivity index (χ3v) is 9.99. The van der Waals surface area contributed by atoms with E-state index in [4.69, 9.17) is 0 Å². The predicted octanol–water partition coefficient (Wildman–Crippen LogP) is 16.2. The zero-order valence-corrected chi connectivity index (χ0v) is 34.5. The topological polar surface area (TPSA) is 3.24 Å². The molecule has 0 N–H and O–H groups in total. The molecule has 7 aromatic carbocycles. The van der Waals surface area contributed by atoms with E-state index >= 15 is 0 Å². The fourth-order valence-electron chi connectivity index (χ4n) is 7.07. The minimum Gasteiger partial charge on any atom is -0.310 e. The van der Waals surface area contributed by atoms with Gasteiger partial charge >= 0.3 is 0 Å². The van der Waals surface area contributed by atoms with Crippen molar-refractivity contribution in [1.82, 2.24) is 0 Å². The van der Waals surface area contributed by atoms with Crippen molar-refractivity contribution < 1.29 is 0 Å². The van der Waals surface area contributed by atoms with E-state index < -0.39 is 0 Å². The van der Waals surface area contributed by atoms with Crippen LogP contribution in [-0.4, -0.2) is 0 Å². The molecule has 0 heterocycles. The van der Waals surface area contributed by atoms with Gasteiger partial charge in [-0.15, -0.1) is 6.58 Å². The van der Waals surface area contributed by atoms with Gasteiger partial charge in [0.2, 0.25) is 0 Å². The van der Waals surface area contributed by atoms with Crippen molar-refractivity contribution in [3.63, 3.8) is 0 Å². The number of aryl methyl sites for hydroxylation is 6. The number of unbranched alkanes of at least 4 members (excludes halogenated alkanes) is 1. The summed E-state index contributed by atoms with van der Waals surface area (Å²) in [6.45, 7) is 27.3. The minimum absolute atomic E-state index is 0.653. The number of allylic oxidation sites excluding steroid dienone is 1. The van der Waals surface area contributed by atoms with Gasteiger partial charge in [0.1, 0.15) is 0 Å². The van der Waals surface area contributed by atoms with Crippen LogP contribution in [0, 0.1) is 27.7 Å². The Morgan fingerprint density at radius 1 is 0.547 bits per heavy atom. The molecule has 0 fully saturated rings. The molecule has 0 aliphatic rings. The van der Waals surface area contributed by atoms with Crippen molar-refractivity contribution in [2.24, 2.45) is 0 Å². The maximum Gasteiger partial charge on any atom is 0.0543 e. The zero-order chi connectivity index (χ0) is 38.7. The Balaban J connectivity index is 0.000000308. The average Bonchev–Trinajstić information content (AvgIpc) is 3.15. The van der Waals surface area contributed by atoms with Gasteiger partial charge in [0, 0.05) is 16.8 Å². The number of nitrogens with zero attached hydrogens (tertiary/aromatic N) is 1. The number of hydrogen-bond acceptors (Lipinski definition) is 1. The molecule has 53 heavy (non-hydrogen) atoms. The van der Waals surface area contributed by atoms with Gasteiger partial charge in [-0.2, -0.15) is 0 Å². The van der Waals surface area contributed by atoms with Crippen LogP contribution in [0.4, 0.5) is 17.1 Å². The Hall–Kier alpha value is -4.88. The number of anilines is 3. The first-order valence-electron chi connectivity index (χ1n) is 19.8. The van der Waals surface area contributed by atoms with Crippen molar-refractivity contribution in [3.05, 3.63) is 161 Å². The standard InChI is InChI=1S/C35H33N.C10H14.C4H10.C3H6/c1-6-25-20-24(5)29-14-15-31-26(7-2)21-33(32-17-16-30(25)34(29)35(31)32)36(27-12-8-10-22(3)18-27)28-13-9-11-23(4)19-28;1-8(2)10-6-4-5-9(3)7-10;1-3-4-2;1-3-2/h8-21H,6-7H2,1-5H3;4-8H,1-3H3;3-4H2,1-2H3;3H,1H2,2H3. The number of rotatable bonds is 7. The van der Waals surface area contributed by atoms with E-state index in [1.54, 1.807) is 6.08 Å². The van der Waals surface area contributed by atoms with Crippen LogP contribution in [0.3, 0.4) is 0 Å². The second kappa shape index (κ2) is 19.3. The highest BCUT2D eigenvalue weighted by Crippen LogP contribution is 2.46. The van der Waals surface area contributed by atoms with Crippen molar-refractivity contribution in [3.8, 4) is 0 Å². The summed E-state index contributed by atoms with van der Waals surface area (Å²) < 4.78 is 0. The maximum absolute atomic E-state index is 3.36. The van der Waals surface area contributed by atoms with Gasteiger partial charge in [-0.3, -0.25) is 0 Å². The smallest absolute Gasteiger partial charge is 0.0543 e. The van der Waals surface area contributed by atoms with Crippen molar-refractivity contribution >= 4 is 49.4 Å². The Bertz CT molecular complexity index is 2190. The molecule has 0 radical (unpaired) electrons. The Morgan fingerprint density at radius 2 is 0.981 bits per heavy atom. The molecule has 0 saturated carbocycles. The van der Waals surface area contributed by atoms with Crippen LogP contribution in [0.15, 0.2) is 122 Å². The molecule has 0 saturated heterocycles. The fraction of sp³-hybridized carbons (Fsp3) is 0.308. The van der Waals surface area contributed by atoms with Gasteiger partial charge < -0.3 is 4.90 Å². The van der Waals surface area contributed by atoms with Crippen LogP contribution in [-0.2, 0) is 12.8 Å². The summed E-state index contributed by atoms with van der Waals surface area (Å²) in [6.07, 6.45) is 6.43. The third kappa shape index (κ3) is 9.57. The molecule has 0 atom stereocenters. The number of hydrogen-bond donors (Lipinski definition) is 0. The summed E-state index contributed by atoms with van der Waals surface area (Å²) in [4.78, 5) is 2.46. The van der Waals surface area contributed by atoms with Crippen LogP contribution in [0.5, 0.6) is 0 Å².